The third kappa shape index (κ3) is 3.60. The van der Waals surface area contributed by atoms with E-state index < -0.39 is 18.4 Å². The van der Waals surface area contributed by atoms with E-state index in [2.05, 4.69) is 20.1 Å². The molecule has 0 aliphatic heterocycles. The van der Waals surface area contributed by atoms with Crippen molar-refractivity contribution in [2.75, 3.05) is 0 Å². The van der Waals surface area contributed by atoms with Crippen LogP contribution in [-0.2, 0) is 13.4 Å². The summed E-state index contributed by atoms with van der Waals surface area (Å²) < 4.78 is 3.85. The number of carbonyl (C=O) groups excluding carboxylic acids is 1. The van der Waals surface area contributed by atoms with Gasteiger partial charge in [-0.3, -0.25) is 9.59 Å². The number of carbonyl (C=O) groups is 2. The fourth-order valence-electron chi connectivity index (χ4n) is 0.151. The molecule has 1 N–H and O–H groups in total. The fourth-order valence-corrected chi connectivity index (χ4v) is 0.265. The number of hydrogen-bond donors (Lipinski definition) is 1. The van der Waals surface area contributed by atoms with Crippen molar-refractivity contribution < 1.29 is 18.5 Å². The van der Waals surface area contributed by atoms with Crippen molar-refractivity contribution in [2.45, 2.75) is 6.42 Å². The van der Waals surface area contributed by atoms with Crippen LogP contribution in [0, 0.1) is 0 Å². The third-order valence-electron chi connectivity index (χ3n) is 0.382. The molecule has 4 nitrogen and oxygen atoms in total. The van der Waals surface area contributed by atoms with Gasteiger partial charge in [0.05, 0.1) is 0 Å². The second-order valence-corrected chi connectivity index (χ2v) is 1.34. The molecule has 46 valence electrons. The van der Waals surface area contributed by atoms with Crippen LogP contribution in [0.25, 0.3) is 0 Å². The minimum absolute atomic E-state index is 0.606. The Labute approximate surface area is 53.9 Å². The maximum atomic E-state index is 9.97. The van der Waals surface area contributed by atoms with Gasteiger partial charge in [0.2, 0.25) is 0 Å². The Morgan fingerprint density at radius 2 is 2.12 bits per heavy atom. The lowest BCUT2D eigenvalue weighted by Crippen LogP contribution is -2.05. The van der Waals surface area contributed by atoms with Gasteiger partial charge in [-0.2, -0.15) is 0 Å². The van der Waals surface area contributed by atoms with Gasteiger partial charge in [0.1, 0.15) is 6.42 Å². The predicted octanol–water partition coefficient (Wildman–Crippen LogP) is 0.314. The highest BCUT2D eigenvalue weighted by molar-refractivity contribution is 9.06. The van der Waals surface area contributed by atoms with Gasteiger partial charge in [-0.1, -0.05) is 0 Å². The van der Waals surface area contributed by atoms with E-state index in [1.807, 2.05) is 0 Å². The standard InChI is InChI=1S/C3H3BrO4/c4-8-3(7)1-2(5)6/h1H2,(H,5,6). The van der Waals surface area contributed by atoms with Crippen molar-refractivity contribution in [1.29, 1.82) is 0 Å². The van der Waals surface area contributed by atoms with Crippen molar-refractivity contribution in [3.8, 4) is 0 Å². The molecular formula is C3H3BrO4. The van der Waals surface area contributed by atoms with Crippen molar-refractivity contribution in [2.24, 2.45) is 0 Å². The minimum Gasteiger partial charge on any atom is -0.481 e. The molecular weight excluding hydrogens is 180 g/mol. The summed E-state index contributed by atoms with van der Waals surface area (Å²) in [5.41, 5.74) is 0. The van der Waals surface area contributed by atoms with Gasteiger partial charge in [-0.25, -0.2) is 0 Å². The molecule has 0 rings (SSSR count). The zero-order valence-corrected chi connectivity index (χ0v) is 5.34. The minimum atomic E-state index is -1.20. The highest BCUT2D eigenvalue weighted by Crippen LogP contribution is 1.90. The molecule has 0 aliphatic carbocycles. The van der Waals surface area contributed by atoms with Crippen molar-refractivity contribution >= 4 is 28.2 Å². The van der Waals surface area contributed by atoms with E-state index in [0.717, 1.165) is 0 Å². The van der Waals surface area contributed by atoms with Gasteiger partial charge in [0.25, 0.3) is 0 Å². The van der Waals surface area contributed by atoms with Gasteiger partial charge in [0, 0.05) is 0 Å². The largest absolute Gasteiger partial charge is 0.481 e. The molecule has 0 aromatic carbocycles. The smallest absolute Gasteiger partial charge is 0.328 e. The van der Waals surface area contributed by atoms with Gasteiger partial charge < -0.3 is 8.93 Å². The number of halogens is 1. The summed E-state index contributed by atoms with van der Waals surface area (Å²) in [6, 6.07) is 0. The summed E-state index contributed by atoms with van der Waals surface area (Å²) in [7, 11) is 0. The Bertz CT molecular complexity index is 110. The van der Waals surface area contributed by atoms with E-state index in [4.69, 9.17) is 5.11 Å². The van der Waals surface area contributed by atoms with Crippen LogP contribution in [0.1, 0.15) is 6.42 Å². The van der Waals surface area contributed by atoms with E-state index in [1.165, 1.54) is 0 Å². The molecule has 0 saturated heterocycles. The van der Waals surface area contributed by atoms with E-state index in [1.54, 1.807) is 0 Å². The number of hydrogen-bond acceptors (Lipinski definition) is 3. The Morgan fingerprint density at radius 3 is 2.25 bits per heavy atom. The van der Waals surface area contributed by atoms with Crippen LogP contribution in [0.15, 0.2) is 0 Å². The zero-order chi connectivity index (χ0) is 6.57. The Morgan fingerprint density at radius 1 is 1.62 bits per heavy atom. The maximum Gasteiger partial charge on any atom is 0.328 e. The van der Waals surface area contributed by atoms with Crippen LogP contribution < -0.4 is 0 Å². The average Bonchev–Trinajstić information content (AvgIpc) is 1.65. The first kappa shape index (κ1) is 7.42. The molecule has 0 bridgehead atoms. The molecule has 0 atom stereocenters. The molecule has 0 aromatic rings. The van der Waals surface area contributed by atoms with Crippen LogP contribution in [-0.4, -0.2) is 17.0 Å². The summed E-state index contributed by atoms with van der Waals surface area (Å²) in [6.07, 6.45) is -0.606. The molecule has 0 aliphatic rings. The van der Waals surface area contributed by atoms with Crippen molar-refractivity contribution in [3.05, 3.63) is 0 Å². The number of rotatable bonds is 2. The van der Waals surface area contributed by atoms with Crippen LogP contribution in [0.2, 0.25) is 0 Å². The topological polar surface area (TPSA) is 63.6 Å². The predicted molar refractivity (Wildman–Crippen MR) is 27.3 cm³/mol. The Hall–Kier alpha value is -0.580. The van der Waals surface area contributed by atoms with Gasteiger partial charge in [-0.05, 0) is 0 Å². The molecule has 0 spiro atoms. The summed E-state index contributed by atoms with van der Waals surface area (Å²) in [5, 5.41) is 7.89. The lowest BCUT2D eigenvalue weighted by Gasteiger charge is -1.86. The Kier molecular flexibility index (Phi) is 3.18. The molecule has 5 heteroatoms. The van der Waals surface area contributed by atoms with Crippen molar-refractivity contribution in [3.63, 3.8) is 0 Å². The molecule has 0 fully saturated rings. The van der Waals surface area contributed by atoms with Gasteiger partial charge >= 0.3 is 11.9 Å². The summed E-state index contributed by atoms with van der Waals surface area (Å²) in [5.74, 6) is -2.01. The summed E-state index contributed by atoms with van der Waals surface area (Å²) in [6.45, 7) is 0. The second-order valence-electron chi connectivity index (χ2n) is 1.02. The zero-order valence-electron chi connectivity index (χ0n) is 3.76. The quantitative estimate of drug-likeness (QED) is 0.625. The van der Waals surface area contributed by atoms with Gasteiger partial charge in [0.15, 0.2) is 16.3 Å². The fraction of sp³-hybridized carbons (Fsp3) is 0.333. The summed E-state index contributed by atoms with van der Waals surface area (Å²) in [4.78, 5) is 19.6. The molecule has 0 radical (unpaired) electrons. The van der Waals surface area contributed by atoms with Crippen LogP contribution >= 0.6 is 16.3 Å². The monoisotopic (exact) mass is 182 g/mol. The van der Waals surface area contributed by atoms with E-state index in [-0.39, 0.29) is 0 Å². The molecule has 0 amide bonds. The number of aliphatic carboxylic acids is 1. The average molecular weight is 183 g/mol. The lowest BCUT2D eigenvalue weighted by atomic mass is 10.5. The normalized spacial score (nSPS) is 8.12. The third-order valence-corrected chi connectivity index (χ3v) is 0.743. The molecule has 0 saturated carbocycles. The molecule has 0 heterocycles. The van der Waals surface area contributed by atoms with Crippen LogP contribution in [0.3, 0.4) is 0 Å². The molecule has 8 heavy (non-hydrogen) atoms. The van der Waals surface area contributed by atoms with E-state index in [0.29, 0.717) is 0 Å². The highest BCUT2D eigenvalue weighted by Gasteiger charge is 2.06. The Balaban J connectivity index is 3.40. The molecule has 0 aromatic heterocycles. The van der Waals surface area contributed by atoms with Crippen molar-refractivity contribution in [1.82, 2.24) is 0 Å². The van der Waals surface area contributed by atoms with Crippen LogP contribution in [0.4, 0.5) is 0 Å². The second kappa shape index (κ2) is 3.43. The first-order valence-corrected chi connectivity index (χ1v) is 2.34. The first-order chi connectivity index (χ1) is 3.66. The maximum absolute atomic E-state index is 9.97. The number of carboxylic acids is 1. The lowest BCUT2D eigenvalue weighted by molar-refractivity contribution is -0.144. The SMILES string of the molecule is O=C(O)CC(=O)OBr. The van der Waals surface area contributed by atoms with Gasteiger partial charge in [-0.15, -0.1) is 0 Å². The molecule has 0 unspecified atom stereocenters. The van der Waals surface area contributed by atoms with E-state index in [9.17, 15) is 9.59 Å². The summed E-state index contributed by atoms with van der Waals surface area (Å²) >= 11 is 2.33. The highest BCUT2D eigenvalue weighted by atomic mass is 79.9. The van der Waals surface area contributed by atoms with Crippen LogP contribution in [0.5, 0.6) is 0 Å². The number of carboxylic acid groups (broad SMARTS) is 1. The first-order valence-electron chi connectivity index (χ1n) is 1.70. The van der Waals surface area contributed by atoms with E-state index >= 15 is 0 Å².